The van der Waals surface area contributed by atoms with Crippen LogP contribution in [0.3, 0.4) is 0 Å². The summed E-state index contributed by atoms with van der Waals surface area (Å²) >= 11 is 5.72. The third kappa shape index (κ3) is 3.11. The number of benzene rings is 1. The van der Waals surface area contributed by atoms with E-state index in [-0.39, 0.29) is 16.8 Å². The summed E-state index contributed by atoms with van der Waals surface area (Å²) in [6.45, 7) is 0. The van der Waals surface area contributed by atoms with Gasteiger partial charge in [0.05, 0.1) is 4.92 Å². The van der Waals surface area contributed by atoms with Crippen molar-refractivity contribution in [3.63, 3.8) is 0 Å². The van der Waals surface area contributed by atoms with Gasteiger partial charge in [-0.3, -0.25) is 10.1 Å². The van der Waals surface area contributed by atoms with Crippen LogP contribution in [0.4, 0.5) is 17.2 Å². The summed E-state index contributed by atoms with van der Waals surface area (Å²) in [6, 6.07) is 7.31. The number of nitrogens with zero attached hydrogens (tertiary/aromatic N) is 5. The van der Waals surface area contributed by atoms with Crippen LogP contribution in [0.25, 0.3) is 11.4 Å². The highest BCUT2D eigenvalue weighted by Gasteiger charge is 2.17. The number of hydrogen-bond donors (Lipinski definition) is 1. The van der Waals surface area contributed by atoms with Gasteiger partial charge in [-0.05, 0) is 23.7 Å². The maximum atomic E-state index is 11.1. The third-order valence-corrected chi connectivity index (χ3v) is 3.32. The van der Waals surface area contributed by atoms with Crippen LogP contribution < -0.4 is 5.32 Å². The molecule has 3 aromatic rings. The van der Waals surface area contributed by atoms with Gasteiger partial charge in [0.25, 0.3) is 0 Å². The van der Waals surface area contributed by atoms with Gasteiger partial charge in [-0.15, -0.1) is 0 Å². The molecule has 0 unspecified atom stereocenters. The second kappa shape index (κ2) is 6.01. The summed E-state index contributed by atoms with van der Waals surface area (Å²) in [6.07, 6.45) is 4.61. The largest absolute Gasteiger partial charge is 0.334 e. The highest BCUT2D eigenvalue weighted by atomic mass is 35.5. The maximum Gasteiger partial charge on any atom is 0.329 e. The Balaban J connectivity index is 1.97. The third-order valence-electron chi connectivity index (χ3n) is 3.14. The molecule has 2 heterocycles. The van der Waals surface area contributed by atoms with E-state index in [9.17, 15) is 10.1 Å². The van der Waals surface area contributed by atoms with Gasteiger partial charge in [-0.1, -0.05) is 12.1 Å². The predicted octanol–water partition coefficient (Wildman–Crippen LogP) is 3.18. The lowest BCUT2D eigenvalue weighted by atomic mass is 10.2. The fraction of sp³-hybridized carbons (Fsp3) is 0.0714. The first-order valence-corrected chi connectivity index (χ1v) is 6.94. The molecule has 0 radical (unpaired) electrons. The summed E-state index contributed by atoms with van der Waals surface area (Å²) in [5.74, 6) is 0.816. The van der Waals surface area contributed by atoms with Crippen molar-refractivity contribution >= 4 is 28.8 Å². The molecule has 3 rings (SSSR count). The molecule has 0 saturated heterocycles. The minimum absolute atomic E-state index is 0.0343. The molecule has 0 fully saturated rings. The Labute approximate surface area is 135 Å². The average molecular weight is 331 g/mol. The van der Waals surface area contributed by atoms with Crippen molar-refractivity contribution in [1.82, 2.24) is 19.5 Å². The molecule has 9 heteroatoms. The van der Waals surface area contributed by atoms with E-state index in [1.807, 2.05) is 36.0 Å². The molecule has 8 nitrogen and oxygen atoms in total. The van der Waals surface area contributed by atoms with Crippen molar-refractivity contribution in [3.05, 3.63) is 58.3 Å². The van der Waals surface area contributed by atoms with Crippen LogP contribution in [-0.4, -0.2) is 24.4 Å². The minimum Gasteiger partial charge on any atom is -0.334 e. The first-order valence-electron chi connectivity index (χ1n) is 6.56. The molecule has 0 saturated carbocycles. The number of halogens is 1. The van der Waals surface area contributed by atoms with E-state index in [4.69, 9.17) is 11.6 Å². The van der Waals surface area contributed by atoms with E-state index in [2.05, 4.69) is 20.3 Å². The Morgan fingerprint density at radius 1 is 1.35 bits per heavy atom. The molecular weight excluding hydrogens is 320 g/mol. The fourth-order valence-electron chi connectivity index (χ4n) is 2.10. The number of imidazole rings is 1. The van der Waals surface area contributed by atoms with Crippen LogP contribution in [-0.2, 0) is 7.05 Å². The van der Waals surface area contributed by atoms with Gasteiger partial charge >= 0.3 is 5.69 Å². The normalized spacial score (nSPS) is 10.5. The summed E-state index contributed by atoms with van der Waals surface area (Å²) < 4.78 is 1.88. The van der Waals surface area contributed by atoms with E-state index < -0.39 is 4.92 Å². The molecular formula is C14H11ClN6O2. The molecule has 0 atom stereocenters. The van der Waals surface area contributed by atoms with Crippen molar-refractivity contribution in [1.29, 1.82) is 0 Å². The molecule has 0 aliphatic heterocycles. The monoisotopic (exact) mass is 330 g/mol. The smallest absolute Gasteiger partial charge is 0.329 e. The Morgan fingerprint density at radius 3 is 2.87 bits per heavy atom. The summed E-state index contributed by atoms with van der Waals surface area (Å²) in [7, 11) is 1.89. The van der Waals surface area contributed by atoms with E-state index in [0.717, 1.165) is 17.6 Å². The number of nitro groups is 1. The van der Waals surface area contributed by atoms with Gasteiger partial charge in [0, 0.05) is 30.7 Å². The van der Waals surface area contributed by atoms with Crippen LogP contribution in [0.1, 0.15) is 0 Å². The van der Waals surface area contributed by atoms with Crippen molar-refractivity contribution in [3.8, 4) is 11.4 Å². The first-order chi connectivity index (χ1) is 11.0. The Bertz CT molecular complexity index is 879. The second-order valence-electron chi connectivity index (χ2n) is 4.70. The molecule has 0 aliphatic carbocycles. The van der Waals surface area contributed by atoms with Gasteiger partial charge < -0.3 is 9.88 Å². The molecule has 0 bridgehead atoms. The molecule has 2 aromatic heterocycles. The zero-order valence-electron chi connectivity index (χ0n) is 12.0. The highest BCUT2D eigenvalue weighted by molar-refractivity contribution is 6.28. The molecule has 116 valence electrons. The van der Waals surface area contributed by atoms with Gasteiger partial charge in [0.15, 0.2) is 0 Å². The highest BCUT2D eigenvalue weighted by Crippen LogP contribution is 2.27. The topological polar surface area (TPSA) is 98.8 Å². The van der Waals surface area contributed by atoms with Crippen molar-refractivity contribution < 1.29 is 4.92 Å². The summed E-state index contributed by atoms with van der Waals surface area (Å²) in [4.78, 5) is 22.3. The molecule has 0 amide bonds. The number of hydrogen-bond acceptors (Lipinski definition) is 6. The fourth-order valence-corrected chi connectivity index (χ4v) is 2.23. The average Bonchev–Trinajstić information content (AvgIpc) is 2.93. The van der Waals surface area contributed by atoms with Crippen molar-refractivity contribution in [2.75, 3.05) is 5.32 Å². The van der Waals surface area contributed by atoms with Crippen LogP contribution in [0.15, 0.2) is 42.9 Å². The maximum absolute atomic E-state index is 11.1. The summed E-state index contributed by atoms with van der Waals surface area (Å²) in [5.41, 5.74) is 1.24. The van der Waals surface area contributed by atoms with E-state index in [0.29, 0.717) is 5.69 Å². The standard InChI is InChI=1S/C14H11ClN6O2/c1-20-6-5-16-13(20)9-3-2-4-10(7-9)18-12-11(21(22)23)8-17-14(15)19-12/h2-8H,1H3,(H,17,18,19). The van der Waals surface area contributed by atoms with Gasteiger partial charge in [0.1, 0.15) is 12.0 Å². The predicted molar refractivity (Wildman–Crippen MR) is 85.6 cm³/mol. The van der Waals surface area contributed by atoms with E-state index in [1.54, 1.807) is 12.3 Å². The molecule has 1 N–H and O–H groups in total. The second-order valence-corrected chi connectivity index (χ2v) is 5.04. The molecule has 0 spiro atoms. The quantitative estimate of drug-likeness (QED) is 0.448. The van der Waals surface area contributed by atoms with Gasteiger partial charge in [-0.25, -0.2) is 9.97 Å². The molecule has 23 heavy (non-hydrogen) atoms. The first kappa shape index (κ1) is 14.9. The van der Waals surface area contributed by atoms with E-state index in [1.165, 1.54) is 0 Å². The Morgan fingerprint density at radius 2 is 2.17 bits per heavy atom. The lowest BCUT2D eigenvalue weighted by molar-refractivity contribution is -0.384. The summed E-state index contributed by atoms with van der Waals surface area (Å²) in [5, 5.41) is 13.9. The van der Waals surface area contributed by atoms with Crippen molar-refractivity contribution in [2.45, 2.75) is 0 Å². The Kier molecular flexibility index (Phi) is 3.90. The van der Waals surface area contributed by atoms with Gasteiger partial charge in [-0.2, -0.15) is 4.98 Å². The van der Waals surface area contributed by atoms with Gasteiger partial charge in [0.2, 0.25) is 11.1 Å². The number of rotatable bonds is 4. The van der Waals surface area contributed by atoms with E-state index >= 15 is 0 Å². The van der Waals surface area contributed by atoms with Crippen molar-refractivity contribution in [2.24, 2.45) is 7.05 Å². The number of aryl methyl sites for hydroxylation is 1. The van der Waals surface area contributed by atoms with Crippen LogP contribution in [0, 0.1) is 10.1 Å². The number of aromatic nitrogens is 4. The van der Waals surface area contributed by atoms with Crippen LogP contribution in [0.2, 0.25) is 5.28 Å². The zero-order chi connectivity index (χ0) is 16.4. The molecule has 0 aliphatic rings. The van der Waals surface area contributed by atoms with Crippen LogP contribution >= 0.6 is 11.6 Å². The lowest BCUT2D eigenvalue weighted by Gasteiger charge is -2.08. The minimum atomic E-state index is -0.568. The zero-order valence-corrected chi connectivity index (χ0v) is 12.7. The SMILES string of the molecule is Cn1ccnc1-c1cccc(Nc2nc(Cl)ncc2[N+](=O)[O-])c1. The number of anilines is 2. The Hall–Kier alpha value is -3.00. The van der Waals surface area contributed by atoms with Crippen LogP contribution in [0.5, 0.6) is 0 Å². The number of nitrogens with one attached hydrogen (secondary N) is 1. The lowest BCUT2D eigenvalue weighted by Crippen LogP contribution is -2.01. The molecule has 1 aromatic carbocycles.